The molecule has 0 aliphatic heterocycles. The summed E-state index contributed by atoms with van der Waals surface area (Å²) in [7, 11) is 0. The van der Waals surface area contributed by atoms with E-state index >= 15 is 0 Å². The molecule has 0 aliphatic rings. The quantitative estimate of drug-likeness (QED) is 0.271. The van der Waals surface area contributed by atoms with E-state index in [1.165, 1.54) is 50.5 Å². The molecule has 0 aliphatic carbocycles. The van der Waals surface area contributed by atoms with E-state index in [-0.39, 0.29) is 6.61 Å². The molecule has 0 heterocycles. The van der Waals surface area contributed by atoms with Crippen molar-refractivity contribution in [3.63, 3.8) is 0 Å². The van der Waals surface area contributed by atoms with Gasteiger partial charge in [0.25, 0.3) is 0 Å². The number of hydrogen-bond acceptors (Lipinski definition) is 3. The van der Waals surface area contributed by atoms with Gasteiger partial charge in [0.2, 0.25) is 0 Å². The number of ether oxygens (including phenoxy) is 2. The molecule has 0 bridgehead atoms. The van der Waals surface area contributed by atoms with Gasteiger partial charge in [-0.3, -0.25) is 0 Å². The number of amides is 1. The summed E-state index contributed by atoms with van der Waals surface area (Å²) in [6.45, 7) is 12.6. The normalized spacial score (nSPS) is 11.2. The summed E-state index contributed by atoms with van der Waals surface area (Å²) in [6.07, 6.45) is 9.93. The lowest BCUT2D eigenvalue weighted by molar-refractivity contribution is 0.117. The fourth-order valence-corrected chi connectivity index (χ4v) is 3.87. The first kappa shape index (κ1) is 27.5. The van der Waals surface area contributed by atoms with Gasteiger partial charge >= 0.3 is 6.09 Å². The molecule has 1 N–H and O–H groups in total. The largest absolute Gasteiger partial charge is 0.490 e. The first-order chi connectivity index (χ1) is 16.3. The van der Waals surface area contributed by atoms with Gasteiger partial charge in [-0.05, 0) is 68.5 Å². The molecule has 0 spiro atoms. The fourth-order valence-electron chi connectivity index (χ4n) is 3.87. The van der Waals surface area contributed by atoms with Crippen LogP contribution in [0.2, 0.25) is 0 Å². The smallest absolute Gasteiger partial charge is 0.407 e. The molecule has 4 nitrogen and oxygen atoms in total. The maximum Gasteiger partial charge on any atom is 0.407 e. The predicted octanol–water partition coefficient (Wildman–Crippen LogP) is 8.05. The minimum atomic E-state index is -0.561. The van der Waals surface area contributed by atoms with Crippen LogP contribution >= 0.6 is 0 Å². The molecule has 0 radical (unpaired) electrons. The zero-order valence-corrected chi connectivity index (χ0v) is 21.6. The van der Waals surface area contributed by atoms with E-state index in [1.807, 2.05) is 57.2 Å². The van der Waals surface area contributed by atoms with Crippen LogP contribution in [-0.4, -0.2) is 19.3 Å². The zero-order valence-electron chi connectivity index (χ0n) is 21.6. The van der Waals surface area contributed by atoms with Gasteiger partial charge in [-0.1, -0.05) is 87.9 Å². The highest BCUT2D eigenvalue weighted by Crippen LogP contribution is 2.23. The Kier molecular flexibility index (Phi) is 11.7. The second kappa shape index (κ2) is 14.5. The third-order valence-corrected chi connectivity index (χ3v) is 6.07. The Morgan fingerprint density at radius 1 is 0.941 bits per heavy atom. The Morgan fingerprint density at radius 2 is 1.62 bits per heavy atom. The van der Waals surface area contributed by atoms with E-state index in [1.54, 1.807) is 0 Å². The van der Waals surface area contributed by atoms with Crippen molar-refractivity contribution in [1.82, 2.24) is 5.32 Å². The molecule has 0 saturated heterocycles. The number of rotatable bonds is 15. The van der Waals surface area contributed by atoms with Gasteiger partial charge in [0.05, 0.1) is 5.54 Å². The average molecular weight is 466 g/mol. The summed E-state index contributed by atoms with van der Waals surface area (Å²) in [5, 5.41) is 2.94. The maximum atomic E-state index is 12.3. The van der Waals surface area contributed by atoms with Crippen LogP contribution < -0.4 is 10.1 Å². The van der Waals surface area contributed by atoms with E-state index in [0.717, 1.165) is 28.9 Å². The molecular weight excluding hydrogens is 422 g/mol. The van der Waals surface area contributed by atoms with E-state index in [0.29, 0.717) is 6.61 Å². The lowest BCUT2D eigenvalue weighted by atomic mass is 9.92. The minimum Gasteiger partial charge on any atom is -0.490 e. The highest BCUT2D eigenvalue weighted by Gasteiger charge is 2.24. The Balaban J connectivity index is 1.65. The molecule has 34 heavy (non-hydrogen) atoms. The maximum absolute atomic E-state index is 12.3. The summed E-state index contributed by atoms with van der Waals surface area (Å²) in [5.41, 5.74) is 3.83. The van der Waals surface area contributed by atoms with Crippen molar-refractivity contribution in [1.29, 1.82) is 0 Å². The molecule has 0 unspecified atom stereocenters. The molecule has 0 saturated carbocycles. The van der Waals surface area contributed by atoms with Crippen molar-refractivity contribution in [2.75, 3.05) is 13.2 Å². The molecule has 4 heteroatoms. The SMILES string of the molecule is C=C(C)c1cccc(C(C)(C)NC(=O)OCCOc2ccc(CCCCCCCCC)cc2)c1. The van der Waals surface area contributed by atoms with Crippen LogP contribution in [0.25, 0.3) is 5.57 Å². The van der Waals surface area contributed by atoms with Gasteiger partial charge in [0.1, 0.15) is 19.0 Å². The van der Waals surface area contributed by atoms with Crippen LogP contribution in [0.5, 0.6) is 5.75 Å². The number of nitrogens with one attached hydrogen (secondary N) is 1. The van der Waals surface area contributed by atoms with Crippen molar-refractivity contribution >= 4 is 11.7 Å². The van der Waals surface area contributed by atoms with Gasteiger partial charge < -0.3 is 14.8 Å². The molecule has 0 aromatic heterocycles. The predicted molar refractivity (Wildman–Crippen MR) is 142 cm³/mol. The van der Waals surface area contributed by atoms with Crippen molar-refractivity contribution in [2.24, 2.45) is 0 Å². The lowest BCUT2D eigenvalue weighted by Gasteiger charge is -2.27. The van der Waals surface area contributed by atoms with Gasteiger partial charge in [-0.2, -0.15) is 0 Å². The van der Waals surface area contributed by atoms with Gasteiger partial charge in [-0.15, -0.1) is 0 Å². The van der Waals surface area contributed by atoms with Crippen LogP contribution in [0, 0.1) is 0 Å². The van der Waals surface area contributed by atoms with Crippen molar-refractivity contribution < 1.29 is 14.3 Å². The lowest BCUT2D eigenvalue weighted by Crippen LogP contribution is -2.41. The summed E-state index contributed by atoms with van der Waals surface area (Å²) in [5.74, 6) is 0.796. The second-order valence-electron chi connectivity index (χ2n) is 9.61. The second-order valence-corrected chi connectivity index (χ2v) is 9.61. The number of benzene rings is 2. The van der Waals surface area contributed by atoms with Gasteiger partial charge in [0.15, 0.2) is 0 Å². The molecule has 186 valence electrons. The average Bonchev–Trinajstić information content (AvgIpc) is 2.82. The minimum absolute atomic E-state index is 0.188. The standard InChI is InChI=1S/C30H43NO3/c1-6-7-8-9-10-11-12-14-25-17-19-28(20-18-25)33-21-22-34-29(32)31-30(4,5)27-16-13-15-26(23-27)24(2)3/h13,15-20,23H,2,6-12,14,21-22H2,1,3-5H3,(H,31,32). The molecule has 2 rings (SSSR count). The number of carbonyl (C=O) groups excluding carboxylic acids is 1. The third kappa shape index (κ3) is 10.0. The van der Waals surface area contributed by atoms with Crippen molar-refractivity contribution in [2.45, 2.75) is 84.6 Å². The molecule has 2 aromatic rings. The van der Waals surface area contributed by atoms with E-state index in [4.69, 9.17) is 9.47 Å². The Morgan fingerprint density at radius 3 is 2.29 bits per heavy atom. The highest BCUT2D eigenvalue weighted by molar-refractivity contribution is 5.69. The van der Waals surface area contributed by atoms with Gasteiger partial charge in [-0.25, -0.2) is 4.79 Å². The van der Waals surface area contributed by atoms with Crippen molar-refractivity contribution in [3.8, 4) is 5.75 Å². The number of aryl methyl sites for hydroxylation is 1. The number of allylic oxidation sites excluding steroid dienone is 1. The Bertz CT molecular complexity index is 886. The number of carbonyl (C=O) groups is 1. The van der Waals surface area contributed by atoms with E-state index < -0.39 is 11.6 Å². The molecule has 1 amide bonds. The monoisotopic (exact) mass is 465 g/mol. The molecule has 0 fully saturated rings. The van der Waals surface area contributed by atoms with E-state index in [2.05, 4.69) is 31.0 Å². The number of alkyl carbamates (subject to hydrolysis) is 1. The number of hydrogen-bond donors (Lipinski definition) is 1. The molecular formula is C30H43NO3. The Hall–Kier alpha value is -2.75. The van der Waals surface area contributed by atoms with Crippen LogP contribution in [0.3, 0.4) is 0 Å². The number of unbranched alkanes of at least 4 members (excludes halogenated alkanes) is 6. The summed E-state index contributed by atoms with van der Waals surface area (Å²) in [4.78, 5) is 12.3. The van der Waals surface area contributed by atoms with Crippen molar-refractivity contribution in [3.05, 3.63) is 71.8 Å². The first-order valence-corrected chi connectivity index (χ1v) is 12.7. The van der Waals surface area contributed by atoms with Crippen LogP contribution in [0.1, 0.15) is 89.3 Å². The molecule has 0 atom stereocenters. The fraction of sp³-hybridized carbons (Fsp3) is 0.500. The molecule has 2 aromatic carbocycles. The zero-order chi connectivity index (χ0) is 24.8. The van der Waals surface area contributed by atoms with Crippen LogP contribution in [0.15, 0.2) is 55.1 Å². The first-order valence-electron chi connectivity index (χ1n) is 12.7. The topological polar surface area (TPSA) is 47.6 Å². The third-order valence-electron chi connectivity index (χ3n) is 6.07. The van der Waals surface area contributed by atoms with Crippen LogP contribution in [0.4, 0.5) is 4.79 Å². The van der Waals surface area contributed by atoms with E-state index in [9.17, 15) is 4.79 Å². The summed E-state index contributed by atoms with van der Waals surface area (Å²) in [6, 6.07) is 16.3. The highest BCUT2D eigenvalue weighted by atomic mass is 16.6. The Labute approximate surface area is 206 Å². The summed E-state index contributed by atoms with van der Waals surface area (Å²) < 4.78 is 11.1. The van der Waals surface area contributed by atoms with Gasteiger partial charge in [0, 0.05) is 0 Å². The van der Waals surface area contributed by atoms with Crippen LogP contribution in [-0.2, 0) is 16.7 Å². The summed E-state index contributed by atoms with van der Waals surface area (Å²) >= 11 is 0.